The SMILES string of the molecule is OCCCCNc1nnc2ccccc2n1. The molecule has 0 saturated carbocycles. The number of aromatic nitrogens is 3. The molecule has 0 unspecified atom stereocenters. The van der Waals surface area contributed by atoms with Crippen LogP contribution in [0.4, 0.5) is 5.95 Å². The highest BCUT2D eigenvalue weighted by atomic mass is 16.2. The Hall–Kier alpha value is -1.75. The number of nitrogens with zero attached hydrogens (tertiary/aromatic N) is 3. The first-order valence-corrected chi connectivity index (χ1v) is 5.34. The molecule has 0 spiro atoms. The minimum atomic E-state index is 0.221. The predicted octanol–water partition coefficient (Wildman–Crippen LogP) is 1.21. The predicted molar refractivity (Wildman–Crippen MR) is 62.1 cm³/mol. The van der Waals surface area contributed by atoms with Crippen LogP contribution < -0.4 is 5.32 Å². The van der Waals surface area contributed by atoms with E-state index in [4.69, 9.17) is 5.11 Å². The minimum Gasteiger partial charge on any atom is -0.396 e. The van der Waals surface area contributed by atoms with Gasteiger partial charge >= 0.3 is 0 Å². The Morgan fingerprint density at radius 1 is 1.06 bits per heavy atom. The van der Waals surface area contributed by atoms with Crippen molar-refractivity contribution in [2.75, 3.05) is 18.5 Å². The van der Waals surface area contributed by atoms with Crippen LogP contribution in [0.2, 0.25) is 0 Å². The number of nitrogens with one attached hydrogen (secondary N) is 1. The topological polar surface area (TPSA) is 70.9 Å². The van der Waals surface area contributed by atoms with E-state index in [-0.39, 0.29) is 6.61 Å². The molecule has 0 aliphatic carbocycles. The van der Waals surface area contributed by atoms with Gasteiger partial charge in [0.2, 0.25) is 5.95 Å². The third-order valence-electron chi connectivity index (χ3n) is 2.23. The quantitative estimate of drug-likeness (QED) is 0.738. The van der Waals surface area contributed by atoms with Crippen LogP contribution in [-0.4, -0.2) is 33.4 Å². The van der Waals surface area contributed by atoms with Crippen LogP contribution in [0.25, 0.3) is 11.0 Å². The van der Waals surface area contributed by atoms with Gasteiger partial charge in [0.15, 0.2) is 0 Å². The second kappa shape index (κ2) is 5.37. The summed E-state index contributed by atoms with van der Waals surface area (Å²) in [6.07, 6.45) is 1.68. The van der Waals surface area contributed by atoms with E-state index in [0.717, 1.165) is 30.4 Å². The smallest absolute Gasteiger partial charge is 0.243 e. The number of hydrogen-bond acceptors (Lipinski definition) is 5. The van der Waals surface area contributed by atoms with Crippen molar-refractivity contribution in [3.63, 3.8) is 0 Å². The summed E-state index contributed by atoms with van der Waals surface area (Å²) < 4.78 is 0. The molecule has 0 radical (unpaired) electrons. The zero-order chi connectivity index (χ0) is 11.2. The number of para-hydroxylation sites is 1. The molecule has 0 saturated heterocycles. The van der Waals surface area contributed by atoms with Gasteiger partial charge in [0.25, 0.3) is 0 Å². The molecule has 0 bridgehead atoms. The van der Waals surface area contributed by atoms with E-state index in [1.807, 2.05) is 24.3 Å². The summed E-state index contributed by atoms with van der Waals surface area (Å²) in [5.41, 5.74) is 1.63. The van der Waals surface area contributed by atoms with Crippen molar-refractivity contribution in [3.05, 3.63) is 24.3 Å². The highest BCUT2D eigenvalue weighted by molar-refractivity contribution is 5.73. The van der Waals surface area contributed by atoms with Crippen LogP contribution in [0.5, 0.6) is 0 Å². The molecule has 1 aromatic carbocycles. The third kappa shape index (κ3) is 2.64. The van der Waals surface area contributed by atoms with E-state index in [1.165, 1.54) is 0 Å². The van der Waals surface area contributed by atoms with Crippen LogP contribution >= 0.6 is 0 Å². The van der Waals surface area contributed by atoms with Crippen molar-refractivity contribution in [1.29, 1.82) is 0 Å². The average Bonchev–Trinajstić information content (AvgIpc) is 2.34. The van der Waals surface area contributed by atoms with Gasteiger partial charge in [-0.25, -0.2) is 4.98 Å². The molecule has 2 N–H and O–H groups in total. The zero-order valence-corrected chi connectivity index (χ0v) is 8.93. The standard InChI is InChI=1S/C11H14N4O/c16-8-4-3-7-12-11-13-9-5-1-2-6-10(9)14-15-11/h1-2,5-6,16H,3-4,7-8H2,(H,12,13,15). The van der Waals surface area contributed by atoms with E-state index in [2.05, 4.69) is 20.5 Å². The summed E-state index contributed by atoms with van der Waals surface area (Å²) in [7, 11) is 0. The first-order chi connectivity index (χ1) is 7.90. The van der Waals surface area contributed by atoms with Gasteiger partial charge in [0, 0.05) is 13.2 Å². The third-order valence-corrected chi connectivity index (χ3v) is 2.23. The van der Waals surface area contributed by atoms with Crippen molar-refractivity contribution in [2.24, 2.45) is 0 Å². The molecule has 5 heteroatoms. The van der Waals surface area contributed by atoms with Crippen molar-refractivity contribution < 1.29 is 5.11 Å². The van der Waals surface area contributed by atoms with Crippen molar-refractivity contribution >= 4 is 17.0 Å². The maximum absolute atomic E-state index is 8.63. The highest BCUT2D eigenvalue weighted by Gasteiger charge is 1.99. The molecule has 0 atom stereocenters. The molecule has 0 fully saturated rings. The van der Waals surface area contributed by atoms with Gasteiger partial charge in [-0.15, -0.1) is 10.2 Å². The van der Waals surface area contributed by atoms with Crippen molar-refractivity contribution in [3.8, 4) is 0 Å². The molecule has 0 amide bonds. The van der Waals surface area contributed by atoms with Gasteiger partial charge < -0.3 is 10.4 Å². The Morgan fingerprint density at radius 2 is 1.88 bits per heavy atom. The molecule has 84 valence electrons. The van der Waals surface area contributed by atoms with Crippen molar-refractivity contribution in [2.45, 2.75) is 12.8 Å². The first-order valence-electron chi connectivity index (χ1n) is 5.34. The molecule has 0 aliphatic heterocycles. The van der Waals surface area contributed by atoms with Crippen LogP contribution in [0.15, 0.2) is 24.3 Å². The monoisotopic (exact) mass is 218 g/mol. The Balaban J connectivity index is 2.02. The second-order valence-corrected chi connectivity index (χ2v) is 3.48. The van der Waals surface area contributed by atoms with Gasteiger partial charge in [0.05, 0.1) is 5.52 Å². The lowest BCUT2D eigenvalue weighted by molar-refractivity contribution is 0.286. The molecular formula is C11H14N4O. The summed E-state index contributed by atoms with van der Waals surface area (Å²) >= 11 is 0. The molecule has 16 heavy (non-hydrogen) atoms. The molecule has 2 aromatic rings. The largest absolute Gasteiger partial charge is 0.396 e. The second-order valence-electron chi connectivity index (χ2n) is 3.48. The number of aliphatic hydroxyl groups excluding tert-OH is 1. The molecule has 1 heterocycles. The lowest BCUT2D eigenvalue weighted by Crippen LogP contribution is -2.07. The number of fused-ring (bicyclic) bond motifs is 1. The van der Waals surface area contributed by atoms with Gasteiger partial charge in [-0.05, 0) is 25.0 Å². The number of unbranched alkanes of at least 4 members (excludes halogenated alkanes) is 1. The molecule has 2 rings (SSSR count). The Kier molecular flexibility index (Phi) is 3.61. The van der Waals surface area contributed by atoms with Gasteiger partial charge in [-0.1, -0.05) is 12.1 Å². The first kappa shape index (κ1) is 10.8. The van der Waals surface area contributed by atoms with Crippen molar-refractivity contribution in [1.82, 2.24) is 15.2 Å². The van der Waals surface area contributed by atoms with Gasteiger partial charge in [0.1, 0.15) is 5.52 Å². The summed E-state index contributed by atoms with van der Waals surface area (Å²) in [5.74, 6) is 0.539. The Labute approximate surface area is 93.5 Å². The van der Waals surface area contributed by atoms with Crippen LogP contribution in [0.1, 0.15) is 12.8 Å². The number of hydrogen-bond donors (Lipinski definition) is 2. The van der Waals surface area contributed by atoms with E-state index >= 15 is 0 Å². The van der Waals surface area contributed by atoms with E-state index in [9.17, 15) is 0 Å². The van der Waals surface area contributed by atoms with Crippen LogP contribution in [0, 0.1) is 0 Å². The number of benzene rings is 1. The fourth-order valence-corrected chi connectivity index (χ4v) is 1.39. The highest BCUT2D eigenvalue weighted by Crippen LogP contribution is 2.08. The normalized spacial score (nSPS) is 10.6. The molecular weight excluding hydrogens is 204 g/mol. The van der Waals surface area contributed by atoms with E-state index < -0.39 is 0 Å². The fourth-order valence-electron chi connectivity index (χ4n) is 1.39. The maximum atomic E-state index is 8.63. The lowest BCUT2D eigenvalue weighted by atomic mass is 10.3. The average molecular weight is 218 g/mol. The summed E-state index contributed by atoms with van der Waals surface area (Å²) in [5, 5.41) is 19.7. The summed E-state index contributed by atoms with van der Waals surface area (Å²) in [6, 6.07) is 7.62. The van der Waals surface area contributed by atoms with E-state index in [0.29, 0.717) is 5.95 Å². The Morgan fingerprint density at radius 3 is 2.69 bits per heavy atom. The maximum Gasteiger partial charge on any atom is 0.243 e. The fraction of sp³-hybridized carbons (Fsp3) is 0.364. The zero-order valence-electron chi connectivity index (χ0n) is 8.93. The molecule has 1 aromatic heterocycles. The number of anilines is 1. The summed E-state index contributed by atoms with van der Waals surface area (Å²) in [4.78, 5) is 4.33. The van der Waals surface area contributed by atoms with Crippen LogP contribution in [0.3, 0.4) is 0 Å². The minimum absolute atomic E-state index is 0.221. The van der Waals surface area contributed by atoms with E-state index in [1.54, 1.807) is 0 Å². The molecule has 0 aliphatic rings. The molecule has 5 nitrogen and oxygen atoms in total. The summed E-state index contributed by atoms with van der Waals surface area (Å²) in [6.45, 7) is 0.971. The lowest BCUT2D eigenvalue weighted by Gasteiger charge is -2.03. The Bertz CT molecular complexity index is 460. The van der Waals surface area contributed by atoms with Crippen LogP contribution in [-0.2, 0) is 0 Å². The van der Waals surface area contributed by atoms with Gasteiger partial charge in [-0.2, -0.15) is 0 Å². The number of aliphatic hydroxyl groups is 1. The number of rotatable bonds is 5. The van der Waals surface area contributed by atoms with Gasteiger partial charge in [-0.3, -0.25) is 0 Å².